The number of anilines is 1. The molecule has 2 aromatic rings. The topological polar surface area (TPSA) is 79.6 Å². The van der Waals surface area contributed by atoms with E-state index in [9.17, 15) is 0 Å². The third-order valence-corrected chi connectivity index (χ3v) is 5.47. The average Bonchev–Trinajstić information content (AvgIpc) is 3.48. The predicted molar refractivity (Wildman–Crippen MR) is 114 cm³/mol. The van der Waals surface area contributed by atoms with Crippen LogP contribution in [0.3, 0.4) is 0 Å². The van der Waals surface area contributed by atoms with Crippen LogP contribution in [0.1, 0.15) is 31.2 Å². The van der Waals surface area contributed by atoms with Gasteiger partial charge in [-0.25, -0.2) is 4.98 Å². The minimum atomic E-state index is 0.352. The van der Waals surface area contributed by atoms with Crippen molar-refractivity contribution in [2.75, 3.05) is 31.6 Å². The molecule has 2 aliphatic rings. The lowest BCUT2D eigenvalue weighted by molar-refractivity contribution is 0.288. The van der Waals surface area contributed by atoms with Gasteiger partial charge in [0.25, 0.3) is 0 Å². The van der Waals surface area contributed by atoms with E-state index in [1.54, 1.807) is 0 Å². The molecule has 1 atom stereocenters. The first kappa shape index (κ1) is 19.5. The largest absolute Gasteiger partial charge is 0.477 e. The van der Waals surface area contributed by atoms with E-state index >= 15 is 0 Å². The van der Waals surface area contributed by atoms with Gasteiger partial charge in [0, 0.05) is 58.2 Å². The SMILES string of the molecule is CN=C(NCc1ccnc(OCC2CC2)c1)NC1CCCN(c2cnn(C)c2)C1. The molecule has 29 heavy (non-hydrogen) atoms. The Morgan fingerprint density at radius 3 is 3.00 bits per heavy atom. The zero-order valence-electron chi connectivity index (χ0n) is 17.3. The summed E-state index contributed by atoms with van der Waals surface area (Å²) in [5, 5.41) is 11.3. The number of pyridine rings is 1. The highest BCUT2D eigenvalue weighted by molar-refractivity contribution is 5.80. The summed E-state index contributed by atoms with van der Waals surface area (Å²) in [6.07, 6.45) is 10.7. The standard InChI is InChI=1S/C21H31N7O/c1-22-21(24-11-17-7-8-23-20(10-17)29-15-16-5-6-16)26-18-4-3-9-28(13-18)19-12-25-27(2)14-19/h7-8,10,12,14,16,18H,3-6,9,11,13,15H2,1-2H3,(H2,22,24,26). The summed E-state index contributed by atoms with van der Waals surface area (Å²) in [5.41, 5.74) is 2.31. The Balaban J connectivity index is 1.27. The lowest BCUT2D eigenvalue weighted by atomic mass is 10.1. The highest BCUT2D eigenvalue weighted by Gasteiger charge is 2.23. The van der Waals surface area contributed by atoms with Crippen molar-refractivity contribution in [3.05, 3.63) is 36.3 Å². The van der Waals surface area contributed by atoms with Gasteiger partial charge < -0.3 is 20.3 Å². The number of aromatic nitrogens is 3. The minimum absolute atomic E-state index is 0.352. The number of rotatable bonds is 7. The maximum atomic E-state index is 5.78. The molecule has 0 amide bonds. The summed E-state index contributed by atoms with van der Waals surface area (Å²) in [4.78, 5) is 11.1. The van der Waals surface area contributed by atoms with Gasteiger partial charge in [-0.15, -0.1) is 0 Å². The number of nitrogens with zero attached hydrogens (tertiary/aromatic N) is 5. The van der Waals surface area contributed by atoms with Crippen LogP contribution >= 0.6 is 0 Å². The summed E-state index contributed by atoms with van der Waals surface area (Å²) in [6, 6.07) is 4.37. The molecule has 2 fully saturated rings. The van der Waals surface area contributed by atoms with E-state index in [-0.39, 0.29) is 0 Å². The lowest BCUT2D eigenvalue weighted by Gasteiger charge is -2.34. The second-order valence-electron chi connectivity index (χ2n) is 7.98. The van der Waals surface area contributed by atoms with Crippen LogP contribution in [0.2, 0.25) is 0 Å². The Labute approximate surface area is 172 Å². The highest BCUT2D eigenvalue weighted by Crippen LogP contribution is 2.29. The third-order valence-electron chi connectivity index (χ3n) is 5.47. The molecule has 2 N–H and O–H groups in total. The van der Waals surface area contributed by atoms with E-state index in [0.717, 1.165) is 50.0 Å². The molecule has 0 bridgehead atoms. The number of nitrogens with one attached hydrogen (secondary N) is 2. The lowest BCUT2D eigenvalue weighted by Crippen LogP contribution is -2.51. The number of hydrogen-bond acceptors (Lipinski definition) is 5. The molecule has 0 aromatic carbocycles. The van der Waals surface area contributed by atoms with Crippen molar-refractivity contribution >= 4 is 11.6 Å². The van der Waals surface area contributed by atoms with E-state index in [1.165, 1.54) is 18.5 Å². The summed E-state index contributed by atoms with van der Waals surface area (Å²) in [6.45, 7) is 3.47. The van der Waals surface area contributed by atoms with Crippen molar-refractivity contribution < 1.29 is 4.74 Å². The van der Waals surface area contributed by atoms with Crippen LogP contribution in [0.15, 0.2) is 35.7 Å². The molecule has 1 unspecified atom stereocenters. The summed E-state index contributed by atoms with van der Waals surface area (Å²) >= 11 is 0. The van der Waals surface area contributed by atoms with E-state index in [1.807, 2.05) is 43.3 Å². The number of hydrogen-bond donors (Lipinski definition) is 2. The molecule has 8 nitrogen and oxygen atoms in total. The van der Waals surface area contributed by atoms with Gasteiger partial charge in [0.1, 0.15) is 0 Å². The first-order chi connectivity index (χ1) is 14.2. The normalized spacial score (nSPS) is 19.9. The van der Waals surface area contributed by atoms with Crippen molar-refractivity contribution in [2.45, 2.75) is 38.3 Å². The van der Waals surface area contributed by atoms with Gasteiger partial charge in [0.2, 0.25) is 5.88 Å². The van der Waals surface area contributed by atoms with Gasteiger partial charge in [0.05, 0.1) is 18.5 Å². The van der Waals surface area contributed by atoms with Gasteiger partial charge in [0.15, 0.2) is 5.96 Å². The van der Waals surface area contributed by atoms with Gasteiger partial charge in [-0.05, 0) is 43.2 Å². The molecule has 1 saturated heterocycles. The van der Waals surface area contributed by atoms with E-state index in [2.05, 4.69) is 36.8 Å². The van der Waals surface area contributed by atoms with Crippen molar-refractivity contribution in [2.24, 2.45) is 18.0 Å². The van der Waals surface area contributed by atoms with Crippen LogP contribution in [-0.4, -0.2) is 53.5 Å². The predicted octanol–water partition coefficient (Wildman–Crippen LogP) is 1.94. The minimum Gasteiger partial charge on any atom is -0.477 e. The first-order valence-corrected chi connectivity index (χ1v) is 10.5. The molecule has 2 aromatic heterocycles. The van der Waals surface area contributed by atoms with Gasteiger partial charge in [-0.3, -0.25) is 9.67 Å². The fourth-order valence-corrected chi connectivity index (χ4v) is 3.60. The maximum absolute atomic E-state index is 5.78. The first-order valence-electron chi connectivity index (χ1n) is 10.5. The zero-order valence-corrected chi connectivity index (χ0v) is 17.3. The second-order valence-corrected chi connectivity index (χ2v) is 7.98. The molecule has 4 rings (SSSR count). The van der Waals surface area contributed by atoms with Gasteiger partial charge >= 0.3 is 0 Å². The maximum Gasteiger partial charge on any atom is 0.213 e. The van der Waals surface area contributed by atoms with Crippen LogP contribution in [0, 0.1) is 5.92 Å². The van der Waals surface area contributed by atoms with Gasteiger partial charge in [-0.1, -0.05) is 0 Å². The average molecular weight is 398 g/mol. The fraction of sp³-hybridized carbons (Fsp3) is 0.571. The molecular weight excluding hydrogens is 366 g/mol. The van der Waals surface area contributed by atoms with Crippen molar-refractivity contribution in [3.8, 4) is 5.88 Å². The Morgan fingerprint density at radius 2 is 2.24 bits per heavy atom. The van der Waals surface area contributed by atoms with Crippen molar-refractivity contribution in [3.63, 3.8) is 0 Å². The number of guanidine groups is 1. The molecule has 1 saturated carbocycles. The van der Waals surface area contributed by atoms with Crippen LogP contribution in [0.4, 0.5) is 5.69 Å². The van der Waals surface area contributed by atoms with E-state index in [0.29, 0.717) is 18.5 Å². The quantitative estimate of drug-likeness (QED) is 0.549. The van der Waals surface area contributed by atoms with Crippen molar-refractivity contribution in [1.82, 2.24) is 25.4 Å². The highest BCUT2D eigenvalue weighted by atomic mass is 16.5. The molecule has 8 heteroatoms. The van der Waals surface area contributed by atoms with Crippen LogP contribution in [0.25, 0.3) is 0 Å². The Kier molecular flexibility index (Phi) is 6.17. The smallest absolute Gasteiger partial charge is 0.213 e. The van der Waals surface area contributed by atoms with Gasteiger partial charge in [-0.2, -0.15) is 5.10 Å². The molecule has 1 aliphatic carbocycles. The van der Waals surface area contributed by atoms with E-state index < -0.39 is 0 Å². The monoisotopic (exact) mass is 397 g/mol. The molecule has 156 valence electrons. The third kappa shape index (κ3) is 5.62. The fourth-order valence-electron chi connectivity index (χ4n) is 3.60. The molecular formula is C21H31N7O. The summed E-state index contributed by atoms with van der Waals surface area (Å²) < 4.78 is 7.64. The Bertz CT molecular complexity index is 830. The number of piperidine rings is 1. The number of aliphatic imine (C=N–C) groups is 1. The summed E-state index contributed by atoms with van der Waals surface area (Å²) in [5.74, 6) is 2.25. The number of ether oxygens (including phenoxy) is 1. The molecule has 1 aliphatic heterocycles. The second kappa shape index (κ2) is 9.15. The summed E-state index contributed by atoms with van der Waals surface area (Å²) in [7, 11) is 3.77. The zero-order chi connectivity index (χ0) is 20.1. The molecule has 0 radical (unpaired) electrons. The van der Waals surface area contributed by atoms with Crippen LogP contribution in [0.5, 0.6) is 5.88 Å². The molecule has 3 heterocycles. The van der Waals surface area contributed by atoms with Crippen molar-refractivity contribution in [1.29, 1.82) is 0 Å². The van der Waals surface area contributed by atoms with Crippen LogP contribution in [-0.2, 0) is 13.6 Å². The Morgan fingerprint density at radius 1 is 1.34 bits per heavy atom. The Hall–Kier alpha value is -2.77. The van der Waals surface area contributed by atoms with E-state index in [4.69, 9.17) is 4.74 Å². The molecule has 0 spiro atoms. The van der Waals surface area contributed by atoms with Crippen LogP contribution < -0.4 is 20.3 Å². The number of aryl methyl sites for hydroxylation is 1.